The second-order valence-corrected chi connectivity index (χ2v) is 4.71. The molecule has 3 N–H and O–H groups in total. The van der Waals surface area contributed by atoms with Crippen molar-refractivity contribution in [2.45, 2.75) is 20.4 Å². The van der Waals surface area contributed by atoms with E-state index in [1.165, 1.54) is 0 Å². The normalized spacial score (nSPS) is 12.3. The Balaban J connectivity index is 0.00000400. The Morgan fingerprint density at radius 1 is 1.29 bits per heavy atom. The average molecular weight is 407 g/mol. The monoisotopic (exact) mass is 407 g/mol. The van der Waals surface area contributed by atoms with Gasteiger partial charge in [-0.15, -0.1) is 24.0 Å². The number of halogens is 1. The number of guanidine groups is 1. The molecule has 0 amide bonds. The van der Waals surface area contributed by atoms with Crippen molar-refractivity contribution >= 4 is 29.9 Å². The molecule has 0 saturated carbocycles. The lowest BCUT2D eigenvalue weighted by Crippen LogP contribution is -2.39. The summed E-state index contributed by atoms with van der Waals surface area (Å²) in [5.74, 6) is 1.82. The zero-order valence-corrected chi connectivity index (χ0v) is 15.3. The van der Waals surface area contributed by atoms with Crippen LogP contribution < -0.4 is 15.4 Å². The van der Waals surface area contributed by atoms with Crippen molar-refractivity contribution in [3.63, 3.8) is 0 Å². The van der Waals surface area contributed by atoms with Gasteiger partial charge in [0, 0.05) is 19.7 Å². The second kappa shape index (κ2) is 11.6. The summed E-state index contributed by atoms with van der Waals surface area (Å²) in [5.41, 5.74) is 1.12. The van der Waals surface area contributed by atoms with Crippen LogP contribution in [0.25, 0.3) is 0 Å². The molecule has 1 aromatic carbocycles. The maximum atomic E-state index is 9.02. The number of hydrogen-bond acceptors (Lipinski definition) is 3. The molecule has 120 valence electrons. The number of aliphatic imine (C=N–C) groups is 1. The lowest BCUT2D eigenvalue weighted by molar-refractivity contribution is 0.238. The summed E-state index contributed by atoms with van der Waals surface area (Å²) in [6.07, 6.45) is 0. The van der Waals surface area contributed by atoms with Gasteiger partial charge in [-0.25, -0.2) is 4.99 Å². The van der Waals surface area contributed by atoms with Gasteiger partial charge in [-0.05, 0) is 30.5 Å². The van der Waals surface area contributed by atoms with Gasteiger partial charge in [-0.1, -0.05) is 19.1 Å². The van der Waals surface area contributed by atoms with Gasteiger partial charge in [0.05, 0.1) is 13.7 Å². The Labute approximate surface area is 144 Å². The van der Waals surface area contributed by atoms with Crippen molar-refractivity contribution in [1.82, 2.24) is 10.6 Å². The van der Waals surface area contributed by atoms with Gasteiger partial charge in [0.15, 0.2) is 5.96 Å². The SMILES string of the molecule is CCNC(=NCc1ccc(OC)cc1)NCC(C)CO.I. The molecule has 0 aliphatic rings. The number of aliphatic hydroxyl groups is 1. The number of nitrogens with one attached hydrogen (secondary N) is 2. The van der Waals surface area contributed by atoms with Crippen LogP contribution in [0.15, 0.2) is 29.3 Å². The van der Waals surface area contributed by atoms with Gasteiger partial charge in [-0.2, -0.15) is 0 Å². The average Bonchev–Trinajstić information content (AvgIpc) is 2.50. The molecular formula is C15H26IN3O2. The highest BCUT2D eigenvalue weighted by Crippen LogP contribution is 2.11. The van der Waals surface area contributed by atoms with E-state index in [9.17, 15) is 0 Å². The second-order valence-electron chi connectivity index (χ2n) is 4.71. The molecule has 0 fully saturated rings. The summed E-state index contributed by atoms with van der Waals surface area (Å²) in [4.78, 5) is 4.52. The molecule has 6 heteroatoms. The zero-order valence-electron chi connectivity index (χ0n) is 12.9. The molecule has 0 aromatic heterocycles. The lowest BCUT2D eigenvalue weighted by Gasteiger charge is -2.14. The van der Waals surface area contributed by atoms with Crippen molar-refractivity contribution in [2.24, 2.45) is 10.9 Å². The first-order valence-corrected chi connectivity index (χ1v) is 6.95. The Hall–Kier alpha value is -1.02. The predicted octanol–water partition coefficient (Wildman–Crippen LogP) is 2.00. The maximum absolute atomic E-state index is 9.02. The molecule has 0 saturated heterocycles. The van der Waals surface area contributed by atoms with Crippen LogP contribution in [-0.4, -0.2) is 37.9 Å². The first-order chi connectivity index (χ1) is 9.69. The number of rotatable bonds is 7. The summed E-state index contributed by atoms with van der Waals surface area (Å²) in [6.45, 7) is 6.30. The van der Waals surface area contributed by atoms with Crippen LogP contribution in [-0.2, 0) is 6.54 Å². The van der Waals surface area contributed by atoms with E-state index in [4.69, 9.17) is 9.84 Å². The molecule has 1 unspecified atom stereocenters. The lowest BCUT2D eigenvalue weighted by atomic mass is 10.2. The van der Waals surface area contributed by atoms with E-state index in [1.54, 1.807) is 7.11 Å². The van der Waals surface area contributed by atoms with Gasteiger partial charge in [-0.3, -0.25) is 0 Å². The fraction of sp³-hybridized carbons (Fsp3) is 0.533. The van der Waals surface area contributed by atoms with E-state index in [2.05, 4.69) is 15.6 Å². The highest BCUT2D eigenvalue weighted by molar-refractivity contribution is 14.0. The fourth-order valence-electron chi connectivity index (χ4n) is 1.58. The van der Waals surface area contributed by atoms with Crippen LogP contribution in [0.5, 0.6) is 5.75 Å². The van der Waals surface area contributed by atoms with E-state index < -0.39 is 0 Å². The standard InChI is InChI=1S/C15H25N3O2.HI/c1-4-16-15(17-9-12(2)11-19)18-10-13-5-7-14(20-3)8-6-13;/h5-8,12,19H,4,9-11H2,1-3H3,(H2,16,17,18);1H. The predicted molar refractivity (Wildman–Crippen MR) is 97.5 cm³/mol. The van der Waals surface area contributed by atoms with Crippen molar-refractivity contribution in [3.8, 4) is 5.75 Å². The van der Waals surface area contributed by atoms with Gasteiger partial charge < -0.3 is 20.5 Å². The number of benzene rings is 1. The van der Waals surface area contributed by atoms with E-state index in [-0.39, 0.29) is 36.5 Å². The van der Waals surface area contributed by atoms with E-state index in [0.29, 0.717) is 13.1 Å². The van der Waals surface area contributed by atoms with Crippen molar-refractivity contribution in [2.75, 3.05) is 26.8 Å². The third-order valence-electron chi connectivity index (χ3n) is 2.85. The third-order valence-corrected chi connectivity index (χ3v) is 2.85. The Bertz CT molecular complexity index is 410. The Morgan fingerprint density at radius 2 is 1.95 bits per heavy atom. The summed E-state index contributed by atoms with van der Waals surface area (Å²) < 4.78 is 5.13. The highest BCUT2D eigenvalue weighted by Gasteiger charge is 2.02. The molecule has 21 heavy (non-hydrogen) atoms. The van der Waals surface area contributed by atoms with Crippen molar-refractivity contribution in [3.05, 3.63) is 29.8 Å². The van der Waals surface area contributed by atoms with Gasteiger partial charge in [0.25, 0.3) is 0 Å². The molecule has 0 bridgehead atoms. The molecule has 1 rings (SSSR count). The third kappa shape index (κ3) is 8.11. The summed E-state index contributed by atoms with van der Waals surface area (Å²) >= 11 is 0. The van der Waals surface area contributed by atoms with Crippen molar-refractivity contribution in [1.29, 1.82) is 0 Å². The van der Waals surface area contributed by atoms with Crippen LogP contribution in [0.2, 0.25) is 0 Å². The molecule has 1 atom stereocenters. The zero-order chi connectivity index (χ0) is 14.8. The number of aliphatic hydroxyl groups excluding tert-OH is 1. The van der Waals surface area contributed by atoms with Gasteiger partial charge in [0.1, 0.15) is 5.75 Å². The number of hydrogen-bond donors (Lipinski definition) is 3. The fourth-order valence-corrected chi connectivity index (χ4v) is 1.58. The Kier molecular flexibility index (Phi) is 11.1. The van der Waals surface area contributed by atoms with E-state index >= 15 is 0 Å². The molecule has 0 spiro atoms. The summed E-state index contributed by atoms with van der Waals surface area (Å²) in [7, 11) is 1.66. The molecular weight excluding hydrogens is 381 g/mol. The first-order valence-electron chi connectivity index (χ1n) is 6.95. The first kappa shape index (κ1) is 20.0. The van der Waals surface area contributed by atoms with E-state index in [1.807, 2.05) is 38.1 Å². The van der Waals surface area contributed by atoms with Gasteiger partial charge in [0.2, 0.25) is 0 Å². The Morgan fingerprint density at radius 3 is 2.48 bits per heavy atom. The summed E-state index contributed by atoms with van der Waals surface area (Å²) in [5, 5.41) is 15.4. The van der Waals surface area contributed by atoms with Crippen LogP contribution in [0.3, 0.4) is 0 Å². The molecule has 0 radical (unpaired) electrons. The number of ether oxygens (including phenoxy) is 1. The smallest absolute Gasteiger partial charge is 0.191 e. The largest absolute Gasteiger partial charge is 0.497 e. The molecule has 1 aromatic rings. The van der Waals surface area contributed by atoms with Crippen LogP contribution in [0, 0.1) is 5.92 Å². The summed E-state index contributed by atoms with van der Waals surface area (Å²) in [6, 6.07) is 7.86. The topological polar surface area (TPSA) is 65.9 Å². The van der Waals surface area contributed by atoms with Crippen LogP contribution in [0.4, 0.5) is 0 Å². The number of nitrogens with zero attached hydrogens (tertiary/aromatic N) is 1. The molecule has 0 aliphatic carbocycles. The van der Waals surface area contributed by atoms with Crippen molar-refractivity contribution < 1.29 is 9.84 Å². The molecule has 0 aliphatic heterocycles. The van der Waals surface area contributed by atoms with E-state index in [0.717, 1.165) is 23.8 Å². The van der Waals surface area contributed by atoms with Crippen LogP contribution in [0.1, 0.15) is 19.4 Å². The molecule has 5 nitrogen and oxygen atoms in total. The quantitative estimate of drug-likeness (QED) is 0.368. The minimum absolute atomic E-state index is 0. The van der Waals surface area contributed by atoms with Gasteiger partial charge >= 0.3 is 0 Å². The minimum atomic E-state index is 0. The number of methoxy groups -OCH3 is 1. The highest BCUT2D eigenvalue weighted by atomic mass is 127. The molecule has 0 heterocycles. The van der Waals surface area contributed by atoms with Crippen LogP contribution >= 0.6 is 24.0 Å². The maximum Gasteiger partial charge on any atom is 0.191 e. The minimum Gasteiger partial charge on any atom is -0.497 e.